The molecule has 0 atom stereocenters. The van der Waals surface area contributed by atoms with Gasteiger partial charge in [-0.3, -0.25) is 4.57 Å². The maximum absolute atomic E-state index is 6.21. The van der Waals surface area contributed by atoms with E-state index < -0.39 is 0 Å². The second kappa shape index (κ2) is 11.0. The second-order valence-electron chi connectivity index (χ2n) is 10.3. The highest BCUT2D eigenvalue weighted by atomic mass is 16.5. The minimum atomic E-state index is 0.622. The SMILES string of the molecule is CCc1ccnc(Oc2cccc(-c3cc4c(cc3CC)c3cc(CC)ccc3n4-c3cc(CC)ccn3)c2)c1. The molecule has 0 saturated carbocycles. The van der Waals surface area contributed by atoms with Gasteiger partial charge in [-0.25, -0.2) is 9.97 Å². The molecule has 0 N–H and O–H groups in total. The molecule has 0 radical (unpaired) electrons. The average Bonchev–Trinajstić information content (AvgIpc) is 3.33. The Hall–Kier alpha value is -4.44. The van der Waals surface area contributed by atoms with Gasteiger partial charge in [0.2, 0.25) is 5.88 Å². The van der Waals surface area contributed by atoms with Gasteiger partial charge < -0.3 is 4.74 Å². The van der Waals surface area contributed by atoms with E-state index in [9.17, 15) is 0 Å². The third kappa shape index (κ3) is 4.75. The lowest BCUT2D eigenvalue weighted by Crippen LogP contribution is -1.99. The molecular weight excluding hydrogens is 490 g/mol. The number of hydrogen-bond acceptors (Lipinski definition) is 3. The summed E-state index contributed by atoms with van der Waals surface area (Å²) in [4.78, 5) is 9.25. The van der Waals surface area contributed by atoms with Crippen molar-refractivity contribution in [3.63, 3.8) is 0 Å². The lowest BCUT2D eigenvalue weighted by molar-refractivity contribution is 0.462. The summed E-state index contributed by atoms with van der Waals surface area (Å²) in [6.07, 6.45) is 7.60. The standard InChI is InChI=1S/C36H35N3O/c1-5-24-12-13-33-31(18-24)32-22-27(8-4)30(23-34(32)39(33)35-19-25(6-2)14-16-37-35)28-10-9-11-29(21-28)40-36-20-26(7-3)15-17-38-36/h9-23H,5-8H2,1-4H3. The number of benzene rings is 3. The van der Waals surface area contributed by atoms with E-state index in [4.69, 9.17) is 9.72 Å². The first-order chi connectivity index (χ1) is 19.6. The van der Waals surface area contributed by atoms with Gasteiger partial charge >= 0.3 is 0 Å². The Morgan fingerprint density at radius 1 is 0.625 bits per heavy atom. The molecule has 0 bridgehead atoms. The molecule has 6 aromatic rings. The summed E-state index contributed by atoms with van der Waals surface area (Å²) in [6, 6.07) is 28.3. The Kier molecular flexibility index (Phi) is 7.08. The number of nitrogens with zero attached hydrogens (tertiary/aromatic N) is 3. The lowest BCUT2D eigenvalue weighted by atomic mass is 9.95. The molecule has 0 unspecified atom stereocenters. The van der Waals surface area contributed by atoms with Crippen LogP contribution in [0.25, 0.3) is 38.8 Å². The monoisotopic (exact) mass is 525 g/mol. The molecule has 3 aromatic carbocycles. The molecule has 0 aliphatic rings. The van der Waals surface area contributed by atoms with Gasteiger partial charge in [-0.2, -0.15) is 0 Å². The van der Waals surface area contributed by atoms with Crippen LogP contribution in [-0.2, 0) is 25.7 Å². The van der Waals surface area contributed by atoms with E-state index in [1.807, 2.05) is 30.6 Å². The van der Waals surface area contributed by atoms with Gasteiger partial charge in [0, 0.05) is 29.2 Å². The summed E-state index contributed by atoms with van der Waals surface area (Å²) in [5.41, 5.74) is 9.83. The molecule has 0 amide bonds. The molecule has 3 heterocycles. The fourth-order valence-electron chi connectivity index (χ4n) is 5.56. The van der Waals surface area contributed by atoms with E-state index >= 15 is 0 Å². The molecule has 0 fully saturated rings. The van der Waals surface area contributed by atoms with E-state index in [-0.39, 0.29) is 0 Å². The summed E-state index contributed by atoms with van der Waals surface area (Å²) >= 11 is 0. The number of hydrogen-bond donors (Lipinski definition) is 0. The van der Waals surface area contributed by atoms with Crippen molar-refractivity contribution in [1.29, 1.82) is 0 Å². The van der Waals surface area contributed by atoms with Crippen molar-refractivity contribution in [1.82, 2.24) is 14.5 Å². The predicted molar refractivity (Wildman–Crippen MR) is 166 cm³/mol. The molecule has 0 saturated heterocycles. The number of ether oxygens (including phenoxy) is 1. The van der Waals surface area contributed by atoms with E-state index in [1.54, 1.807) is 0 Å². The Morgan fingerprint density at radius 2 is 1.35 bits per heavy atom. The summed E-state index contributed by atoms with van der Waals surface area (Å²) < 4.78 is 8.54. The van der Waals surface area contributed by atoms with Gasteiger partial charge in [0.25, 0.3) is 0 Å². The molecule has 0 aliphatic carbocycles. The van der Waals surface area contributed by atoms with E-state index in [2.05, 4.69) is 97.9 Å². The van der Waals surface area contributed by atoms with E-state index in [0.717, 1.165) is 42.8 Å². The molecule has 40 heavy (non-hydrogen) atoms. The van der Waals surface area contributed by atoms with Crippen molar-refractivity contribution < 1.29 is 4.74 Å². The third-order valence-corrected chi connectivity index (χ3v) is 7.87. The largest absolute Gasteiger partial charge is 0.439 e. The first-order valence-electron chi connectivity index (χ1n) is 14.4. The van der Waals surface area contributed by atoms with Crippen LogP contribution in [0.15, 0.2) is 91.3 Å². The van der Waals surface area contributed by atoms with E-state index in [0.29, 0.717) is 5.88 Å². The van der Waals surface area contributed by atoms with Gasteiger partial charge in [-0.15, -0.1) is 0 Å². The molecule has 3 aromatic heterocycles. The minimum Gasteiger partial charge on any atom is -0.439 e. The Balaban J connectivity index is 1.55. The van der Waals surface area contributed by atoms with Crippen LogP contribution in [0, 0.1) is 0 Å². The van der Waals surface area contributed by atoms with Crippen LogP contribution in [0.5, 0.6) is 11.6 Å². The summed E-state index contributed by atoms with van der Waals surface area (Å²) in [5, 5.41) is 2.54. The molecular formula is C36H35N3O. The Morgan fingerprint density at radius 3 is 2.12 bits per heavy atom. The van der Waals surface area contributed by atoms with Crippen molar-refractivity contribution in [3.8, 4) is 28.6 Å². The van der Waals surface area contributed by atoms with Gasteiger partial charge in [0.1, 0.15) is 11.6 Å². The lowest BCUT2D eigenvalue weighted by Gasteiger charge is -2.13. The minimum absolute atomic E-state index is 0.622. The van der Waals surface area contributed by atoms with Gasteiger partial charge in [-0.05, 0) is 114 Å². The normalized spacial score (nSPS) is 11.4. The van der Waals surface area contributed by atoms with Gasteiger partial charge in [-0.1, -0.05) is 45.9 Å². The Bertz CT molecular complexity index is 1830. The number of fused-ring (bicyclic) bond motifs is 3. The molecule has 0 aliphatic heterocycles. The average molecular weight is 526 g/mol. The van der Waals surface area contributed by atoms with Crippen LogP contribution in [0.2, 0.25) is 0 Å². The first kappa shape index (κ1) is 25.8. The molecule has 200 valence electrons. The third-order valence-electron chi connectivity index (χ3n) is 7.87. The fraction of sp³-hybridized carbons (Fsp3) is 0.222. The zero-order chi connectivity index (χ0) is 27.6. The number of aryl methyl sites for hydroxylation is 4. The smallest absolute Gasteiger partial charge is 0.219 e. The summed E-state index contributed by atoms with van der Waals surface area (Å²) in [5.74, 6) is 2.36. The van der Waals surface area contributed by atoms with E-state index in [1.165, 1.54) is 49.6 Å². The van der Waals surface area contributed by atoms with Crippen molar-refractivity contribution in [2.75, 3.05) is 0 Å². The summed E-state index contributed by atoms with van der Waals surface area (Å²) in [6.45, 7) is 8.77. The first-order valence-corrected chi connectivity index (χ1v) is 14.4. The highest BCUT2D eigenvalue weighted by molar-refractivity contribution is 6.10. The molecule has 4 nitrogen and oxygen atoms in total. The molecule has 4 heteroatoms. The highest BCUT2D eigenvalue weighted by Crippen LogP contribution is 2.38. The molecule has 0 spiro atoms. The van der Waals surface area contributed by atoms with Gasteiger partial charge in [0.15, 0.2) is 0 Å². The zero-order valence-electron chi connectivity index (χ0n) is 23.7. The van der Waals surface area contributed by atoms with Crippen LogP contribution in [-0.4, -0.2) is 14.5 Å². The topological polar surface area (TPSA) is 39.9 Å². The van der Waals surface area contributed by atoms with Crippen molar-refractivity contribution in [3.05, 3.63) is 114 Å². The summed E-state index contributed by atoms with van der Waals surface area (Å²) in [7, 11) is 0. The Labute approximate surface area is 236 Å². The number of rotatable bonds is 8. The number of aromatic nitrogens is 3. The van der Waals surface area contributed by atoms with Crippen LogP contribution in [0.4, 0.5) is 0 Å². The fourth-order valence-corrected chi connectivity index (χ4v) is 5.56. The van der Waals surface area contributed by atoms with Crippen LogP contribution >= 0.6 is 0 Å². The predicted octanol–water partition coefficient (Wildman–Crippen LogP) is 9.28. The van der Waals surface area contributed by atoms with Gasteiger partial charge in [0.05, 0.1) is 11.0 Å². The quantitative estimate of drug-likeness (QED) is 0.199. The second-order valence-corrected chi connectivity index (χ2v) is 10.3. The molecule has 6 rings (SSSR count). The van der Waals surface area contributed by atoms with Crippen LogP contribution in [0.1, 0.15) is 49.9 Å². The van der Waals surface area contributed by atoms with Crippen LogP contribution < -0.4 is 4.74 Å². The van der Waals surface area contributed by atoms with Crippen molar-refractivity contribution in [2.45, 2.75) is 53.4 Å². The van der Waals surface area contributed by atoms with Crippen molar-refractivity contribution >= 4 is 21.8 Å². The maximum atomic E-state index is 6.21. The highest BCUT2D eigenvalue weighted by Gasteiger charge is 2.17. The van der Waals surface area contributed by atoms with Crippen LogP contribution in [0.3, 0.4) is 0 Å². The number of pyridine rings is 2. The zero-order valence-corrected chi connectivity index (χ0v) is 23.7. The maximum Gasteiger partial charge on any atom is 0.219 e. The van der Waals surface area contributed by atoms with Crippen molar-refractivity contribution in [2.24, 2.45) is 0 Å².